The second-order valence-corrected chi connectivity index (χ2v) is 6.51. The number of fused-ring (bicyclic) bond motifs is 1. The van der Waals surface area contributed by atoms with Crippen LogP contribution in [0.3, 0.4) is 0 Å². The quantitative estimate of drug-likeness (QED) is 0.453. The molecule has 0 aliphatic carbocycles. The highest BCUT2D eigenvalue weighted by atomic mass is 16.7. The molecule has 6 heteroatoms. The van der Waals surface area contributed by atoms with Crippen LogP contribution in [0.4, 0.5) is 0 Å². The summed E-state index contributed by atoms with van der Waals surface area (Å²) in [6.45, 7) is 1.74. The lowest BCUT2D eigenvalue weighted by molar-refractivity contribution is 0.0706. The van der Waals surface area contributed by atoms with Gasteiger partial charge >= 0.3 is 0 Å². The average molecular weight is 376 g/mol. The maximum Gasteiger partial charge on any atom is 0.274 e. The van der Waals surface area contributed by atoms with Crippen molar-refractivity contribution in [3.63, 3.8) is 0 Å². The van der Waals surface area contributed by atoms with Crippen molar-refractivity contribution >= 4 is 5.91 Å². The van der Waals surface area contributed by atoms with Crippen LogP contribution in [0.1, 0.15) is 21.5 Å². The fourth-order valence-corrected chi connectivity index (χ4v) is 3.14. The van der Waals surface area contributed by atoms with Crippen molar-refractivity contribution in [3.05, 3.63) is 83.4 Å². The zero-order chi connectivity index (χ0) is 19.3. The van der Waals surface area contributed by atoms with E-state index in [0.717, 1.165) is 46.8 Å². The second kappa shape index (κ2) is 8.12. The number of hydrogen-bond donors (Lipinski definition) is 3. The van der Waals surface area contributed by atoms with Gasteiger partial charge in [-0.3, -0.25) is 10.0 Å². The van der Waals surface area contributed by atoms with Crippen LogP contribution >= 0.6 is 0 Å². The maximum absolute atomic E-state index is 11.4. The fraction of sp³-hybridized carbons (Fsp3) is 0.136. The van der Waals surface area contributed by atoms with Crippen LogP contribution < -0.4 is 20.3 Å². The SMILES string of the molecule is O=C(NO)c1ccc(-c2cccc(CNCc3ccc4c(c3)OCO4)c2)cc1. The van der Waals surface area contributed by atoms with E-state index in [1.54, 1.807) is 17.6 Å². The van der Waals surface area contributed by atoms with E-state index in [4.69, 9.17) is 14.7 Å². The molecule has 3 aromatic carbocycles. The Balaban J connectivity index is 1.39. The molecule has 6 nitrogen and oxygen atoms in total. The number of benzene rings is 3. The number of hydroxylamine groups is 1. The average Bonchev–Trinajstić information content (AvgIpc) is 3.21. The summed E-state index contributed by atoms with van der Waals surface area (Å²) >= 11 is 0. The molecule has 4 rings (SSSR count). The van der Waals surface area contributed by atoms with Crippen LogP contribution in [0.25, 0.3) is 11.1 Å². The van der Waals surface area contributed by atoms with Gasteiger partial charge in [0.2, 0.25) is 6.79 Å². The smallest absolute Gasteiger partial charge is 0.274 e. The lowest BCUT2D eigenvalue weighted by Crippen LogP contribution is -2.18. The molecule has 3 aromatic rings. The third kappa shape index (κ3) is 3.98. The molecular formula is C22H20N2O4. The van der Waals surface area contributed by atoms with Gasteiger partial charge in [0.25, 0.3) is 5.91 Å². The van der Waals surface area contributed by atoms with Crippen LogP contribution in [0.15, 0.2) is 66.7 Å². The summed E-state index contributed by atoms with van der Waals surface area (Å²) in [6, 6.07) is 21.3. The standard InChI is InChI=1S/C22H20N2O4/c25-22(24-26)18-7-5-17(6-8-18)19-3-1-2-15(10-19)12-23-13-16-4-9-20-21(11-16)28-14-27-20/h1-11,23,26H,12-14H2,(H,24,25). The highest BCUT2D eigenvalue weighted by Gasteiger charge is 2.12. The highest BCUT2D eigenvalue weighted by molar-refractivity contribution is 5.93. The summed E-state index contributed by atoms with van der Waals surface area (Å²) in [5, 5.41) is 12.1. The third-order valence-corrected chi connectivity index (χ3v) is 4.60. The number of carbonyl (C=O) groups is 1. The Morgan fingerprint density at radius 1 is 0.857 bits per heavy atom. The normalized spacial score (nSPS) is 12.0. The minimum Gasteiger partial charge on any atom is -0.454 e. The number of carbonyl (C=O) groups excluding carboxylic acids is 1. The van der Waals surface area contributed by atoms with E-state index in [1.807, 2.05) is 42.5 Å². The molecule has 142 valence electrons. The van der Waals surface area contributed by atoms with E-state index in [9.17, 15) is 4.79 Å². The molecule has 0 fully saturated rings. The van der Waals surface area contributed by atoms with E-state index >= 15 is 0 Å². The Morgan fingerprint density at radius 3 is 2.39 bits per heavy atom. The summed E-state index contributed by atoms with van der Waals surface area (Å²) in [6.07, 6.45) is 0. The van der Waals surface area contributed by atoms with Crippen LogP contribution in [-0.2, 0) is 13.1 Å². The van der Waals surface area contributed by atoms with Gasteiger partial charge in [-0.15, -0.1) is 0 Å². The van der Waals surface area contributed by atoms with E-state index in [-0.39, 0.29) is 6.79 Å². The number of ether oxygens (including phenoxy) is 2. The molecule has 0 spiro atoms. The summed E-state index contributed by atoms with van der Waals surface area (Å²) in [4.78, 5) is 11.4. The van der Waals surface area contributed by atoms with Gasteiger partial charge in [-0.05, 0) is 52.6 Å². The van der Waals surface area contributed by atoms with Crippen LogP contribution in [0.2, 0.25) is 0 Å². The van der Waals surface area contributed by atoms with E-state index in [1.165, 1.54) is 0 Å². The summed E-state index contributed by atoms with van der Waals surface area (Å²) in [7, 11) is 0. The van der Waals surface area contributed by atoms with Crippen LogP contribution in [0.5, 0.6) is 11.5 Å². The summed E-state index contributed by atoms with van der Waals surface area (Å²) < 4.78 is 10.7. The summed E-state index contributed by atoms with van der Waals surface area (Å²) in [5.74, 6) is 1.06. The Bertz CT molecular complexity index is 986. The van der Waals surface area contributed by atoms with E-state index in [0.29, 0.717) is 5.56 Å². The van der Waals surface area contributed by atoms with Gasteiger partial charge in [-0.2, -0.15) is 0 Å². The fourth-order valence-electron chi connectivity index (χ4n) is 3.14. The van der Waals surface area contributed by atoms with Crippen molar-refractivity contribution in [2.75, 3.05) is 6.79 Å². The molecule has 1 aliphatic heterocycles. The second-order valence-electron chi connectivity index (χ2n) is 6.51. The van der Waals surface area contributed by atoms with Crippen molar-refractivity contribution < 1.29 is 19.5 Å². The van der Waals surface area contributed by atoms with Gasteiger partial charge in [0.15, 0.2) is 11.5 Å². The Labute approximate surface area is 162 Å². The molecular weight excluding hydrogens is 356 g/mol. The number of rotatable bonds is 6. The van der Waals surface area contributed by atoms with E-state index < -0.39 is 5.91 Å². The lowest BCUT2D eigenvalue weighted by atomic mass is 10.0. The topological polar surface area (TPSA) is 79.8 Å². The van der Waals surface area contributed by atoms with Crippen molar-refractivity contribution in [3.8, 4) is 22.6 Å². The van der Waals surface area contributed by atoms with Gasteiger partial charge in [0.05, 0.1) is 0 Å². The molecule has 0 saturated carbocycles. The zero-order valence-electron chi connectivity index (χ0n) is 15.1. The first kappa shape index (κ1) is 18.0. The lowest BCUT2D eigenvalue weighted by Gasteiger charge is -2.09. The molecule has 0 atom stereocenters. The van der Waals surface area contributed by atoms with Gasteiger partial charge in [-0.25, -0.2) is 5.48 Å². The highest BCUT2D eigenvalue weighted by Crippen LogP contribution is 2.32. The Kier molecular flexibility index (Phi) is 5.23. The molecule has 1 heterocycles. The number of nitrogens with one attached hydrogen (secondary N) is 2. The summed E-state index contributed by atoms with van der Waals surface area (Å²) in [5.41, 5.74) is 6.42. The van der Waals surface area contributed by atoms with Crippen LogP contribution in [-0.4, -0.2) is 17.9 Å². The van der Waals surface area contributed by atoms with Crippen LogP contribution in [0, 0.1) is 0 Å². The minimum atomic E-state index is -0.520. The molecule has 0 bridgehead atoms. The zero-order valence-corrected chi connectivity index (χ0v) is 15.1. The largest absolute Gasteiger partial charge is 0.454 e. The molecule has 28 heavy (non-hydrogen) atoms. The van der Waals surface area contributed by atoms with Gasteiger partial charge in [0.1, 0.15) is 0 Å². The van der Waals surface area contributed by atoms with Crippen molar-refractivity contribution in [1.82, 2.24) is 10.8 Å². The predicted molar refractivity (Wildman–Crippen MR) is 104 cm³/mol. The van der Waals surface area contributed by atoms with E-state index in [2.05, 4.69) is 17.4 Å². The first-order valence-electron chi connectivity index (χ1n) is 8.96. The minimum absolute atomic E-state index is 0.282. The van der Waals surface area contributed by atoms with Crippen molar-refractivity contribution in [2.45, 2.75) is 13.1 Å². The monoisotopic (exact) mass is 376 g/mol. The molecule has 0 unspecified atom stereocenters. The number of hydrogen-bond acceptors (Lipinski definition) is 5. The first-order chi connectivity index (χ1) is 13.7. The first-order valence-corrected chi connectivity index (χ1v) is 8.96. The van der Waals surface area contributed by atoms with Crippen molar-refractivity contribution in [1.29, 1.82) is 0 Å². The van der Waals surface area contributed by atoms with Gasteiger partial charge in [0, 0.05) is 18.7 Å². The molecule has 3 N–H and O–H groups in total. The molecule has 0 aromatic heterocycles. The Morgan fingerprint density at radius 2 is 1.61 bits per heavy atom. The molecule has 1 amide bonds. The predicted octanol–water partition coefficient (Wildman–Crippen LogP) is 3.49. The number of amides is 1. The van der Waals surface area contributed by atoms with Crippen molar-refractivity contribution in [2.24, 2.45) is 0 Å². The molecule has 0 saturated heterocycles. The third-order valence-electron chi connectivity index (χ3n) is 4.60. The Hall–Kier alpha value is -3.35. The molecule has 0 radical (unpaired) electrons. The maximum atomic E-state index is 11.4. The molecule has 1 aliphatic rings. The van der Waals surface area contributed by atoms with Gasteiger partial charge < -0.3 is 14.8 Å². The van der Waals surface area contributed by atoms with Gasteiger partial charge in [-0.1, -0.05) is 36.4 Å².